The normalized spacial score (nSPS) is 12.7. The molecule has 0 saturated heterocycles. The molecule has 0 amide bonds. The number of para-hydroxylation sites is 1. The lowest BCUT2D eigenvalue weighted by Crippen LogP contribution is -2.11. The predicted molar refractivity (Wildman–Crippen MR) is 69.1 cm³/mol. The Labute approximate surface area is 109 Å². The molecule has 5 heteroatoms. The number of carbonyl (C=O) groups is 1. The molecule has 4 nitrogen and oxygen atoms in total. The van der Waals surface area contributed by atoms with Crippen molar-refractivity contribution in [2.45, 2.75) is 17.6 Å². The Kier molecular flexibility index (Phi) is 2.83. The number of aromatic nitrogens is 2. The van der Waals surface area contributed by atoms with Crippen LogP contribution in [-0.2, 0) is 10.5 Å². The summed E-state index contributed by atoms with van der Waals surface area (Å²) >= 11 is 1.72. The van der Waals surface area contributed by atoms with Gasteiger partial charge < -0.3 is 9.30 Å². The highest BCUT2D eigenvalue weighted by molar-refractivity contribution is 7.98. The smallest absolute Gasteiger partial charge is 0.358 e. The van der Waals surface area contributed by atoms with Crippen molar-refractivity contribution in [2.24, 2.45) is 0 Å². The summed E-state index contributed by atoms with van der Waals surface area (Å²) in [6.45, 7) is 2.17. The van der Waals surface area contributed by atoms with Crippen LogP contribution >= 0.6 is 11.8 Å². The number of hydrogen-bond donors (Lipinski definition) is 0. The van der Waals surface area contributed by atoms with Crippen molar-refractivity contribution in [3.8, 4) is 5.69 Å². The van der Waals surface area contributed by atoms with Crippen LogP contribution in [0, 0.1) is 0 Å². The van der Waals surface area contributed by atoms with Crippen molar-refractivity contribution < 1.29 is 9.53 Å². The van der Waals surface area contributed by atoms with Crippen LogP contribution < -0.4 is 0 Å². The number of hydrogen-bond acceptors (Lipinski definition) is 4. The number of nitrogens with zero attached hydrogens (tertiary/aromatic N) is 2. The van der Waals surface area contributed by atoms with Crippen LogP contribution in [0.2, 0.25) is 0 Å². The van der Waals surface area contributed by atoms with Gasteiger partial charge in [-0.2, -0.15) is 0 Å². The van der Waals surface area contributed by atoms with Crippen molar-refractivity contribution in [2.75, 3.05) is 6.61 Å². The van der Waals surface area contributed by atoms with E-state index in [1.54, 1.807) is 25.0 Å². The highest BCUT2D eigenvalue weighted by Crippen LogP contribution is 2.35. The van der Waals surface area contributed by atoms with Gasteiger partial charge in [-0.3, -0.25) is 0 Å². The second-order valence-electron chi connectivity index (χ2n) is 3.89. The van der Waals surface area contributed by atoms with Crippen LogP contribution in [0.5, 0.6) is 0 Å². The van der Waals surface area contributed by atoms with E-state index >= 15 is 0 Å². The summed E-state index contributed by atoms with van der Waals surface area (Å²) in [6, 6.07) is 8.10. The fourth-order valence-corrected chi connectivity index (χ4v) is 3.07. The first-order valence-corrected chi connectivity index (χ1v) is 6.75. The van der Waals surface area contributed by atoms with Crippen molar-refractivity contribution in [1.29, 1.82) is 0 Å². The molecule has 0 aliphatic carbocycles. The van der Waals surface area contributed by atoms with Crippen LogP contribution in [0.25, 0.3) is 5.69 Å². The molecular formula is C13H12N2O2S. The summed E-state index contributed by atoms with van der Waals surface area (Å²) in [5.41, 5.74) is 2.42. The summed E-state index contributed by atoms with van der Waals surface area (Å²) in [4.78, 5) is 17.2. The molecule has 0 saturated carbocycles. The van der Waals surface area contributed by atoms with E-state index in [4.69, 9.17) is 4.74 Å². The van der Waals surface area contributed by atoms with Gasteiger partial charge >= 0.3 is 5.97 Å². The molecule has 0 bridgehead atoms. The second kappa shape index (κ2) is 4.49. The molecule has 0 atom stereocenters. The minimum Gasteiger partial charge on any atom is -0.461 e. The lowest BCUT2D eigenvalue weighted by Gasteiger charge is -2.18. The van der Waals surface area contributed by atoms with Crippen LogP contribution in [0.1, 0.15) is 23.1 Å². The monoisotopic (exact) mass is 260 g/mol. The maximum atomic E-state index is 11.8. The van der Waals surface area contributed by atoms with Crippen LogP contribution in [-0.4, -0.2) is 22.1 Å². The van der Waals surface area contributed by atoms with Gasteiger partial charge in [-0.05, 0) is 19.1 Å². The predicted octanol–water partition coefficient (Wildman–Crippen LogP) is 2.65. The Bertz CT molecular complexity index is 607. The van der Waals surface area contributed by atoms with E-state index in [0.717, 1.165) is 17.1 Å². The molecule has 18 heavy (non-hydrogen) atoms. The summed E-state index contributed by atoms with van der Waals surface area (Å²) in [5.74, 6) is 0.400. The van der Waals surface area contributed by atoms with Crippen molar-refractivity contribution in [1.82, 2.24) is 9.55 Å². The lowest BCUT2D eigenvalue weighted by molar-refractivity contribution is 0.0519. The third kappa shape index (κ3) is 1.71. The van der Waals surface area contributed by atoms with E-state index in [9.17, 15) is 4.79 Å². The molecule has 92 valence electrons. The zero-order chi connectivity index (χ0) is 12.5. The summed E-state index contributed by atoms with van der Waals surface area (Å²) in [6.07, 6.45) is 1.69. The van der Waals surface area contributed by atoms with Crippen LogP contribution in [0.4, 0.5) is 0 Å². The van der Waals surface area contributed by atoms with Gasteiger partial charge in [-0.15, -0.1) is 11.8 Å². The average molecular weight is 260 g/mol. The van der Waals surface area contributed by atoms with Gasteiger partial charge in [0.2, 0.25) is 0 Å². The molecule has 3 rings (SSSR count). The first kappa shape index (κ1) is 11.3. The molecule has 0 N–H and O–H groups in total. The number of carbonyl (C=O) groups excluding carboxylic acids is 1. The second-order valence-corrected chi connectivity index (χ2v) is 4.90. The number of benzene rings is 1. The molecule has 0 fully saturated rings. The highest BCUT2D eigenvalue weighted by Gasteiger charge is 2.24. The number of ether oxygens (including phenoxy) is 1. The Balaban J connectivity index is 2.07. The van der Waals surface area contributed by atoms with Crippen molar-refractivity contribution in [3.05, 3.63) is 42.0 Å². The molecule has 1 aromatic heterocycles. The SMILES string of the molecule is CCOC(=O)c1ncn2c1CSc1ccccc1-2. The Morgan fingerprint density at radius 2 is 2.33 bits per heavy atom. The van der Waals surface area contributed by atoms with E-state index in [2.05, 4.69) is 11.1 Å². The summed E-state index contributed by atoms with van der Waals surface area (Å²) in [5, 5.41) is 0. The summed E-state index contributed by atoms with van der Waals surface area (Å²) < 4.78 is 6.99. The standard InChI is InChI=1S/C13H12N2O2S/c1-2-17-13(16)12-10-7-18-11-6-4-3-5-9(11)15(10)8-14-12/h3-6,8H,2,7H2,1H3. The number of fused-ring (bicyclic) bond motifs is 3. The Morgan fingerprint density at radius 1 is 1.50 bits per heavy atom. The van der Waals surface area contributed by atoms with Gasteiger partial charge in [0.05, 0.1) is 18.0 Å². The van der Waals surface area contributed by atoms with Gasteiger partial charge in [0.1, 0.15) is 6.33 Å². The van der Waals surface area contributed by atoms with Gasteiger partial charge in [0, 0.05) is 10.6 Å². The zero-order valence-corrected chi connectivity index (χ0v) is 10.7. The van der Waals surface area contributed by atoms with E-state index in [1.807, 2.05) is 22.8 Å². The van der Waals surface area contributed by atoms with E-state index < -0.39 is 0 Å². The van der Waals surface area contributed by atoms with Crippen LogP contribution in [0.3, 0.4) is 0 Å². The fourth-order valence-electron chi connectivity index (χ4n) is 2.01. The van der Waals surface area contributed by atoms with Crippen molar-refractivity contribution in [3.63, 3.8) is 0 Å². The van der Waals surface area contributed by atoms with E-state index in [0.29, 0.717) is 12.3 Å². The fraction of sp³-hybridized carbons (Fsp3) is 0.231. The zero-order valence-electron chi connectivity index (χ0n) is 9.92. The number of rotatable bonds is 2. The lowest BCUT2D eigenvalue weighted by atomic mass is 10.3. The molecule has 0 spiro atoms. The minimum atomic E-state index is -0.341. The first-order chi connectivity index (χ1) is 8.81. The van der Waals surface area contributed by atoms with Crippen molar-refractivity contribution >= 4 is 17.7 Å². The topological polar surface area (TPSA) is 44.1 Å². The minimum absolute atomic E-state index is 0.341. The third-order valence-electron chi connectivity index (χ3n) is 2.82. The Hall–Kier alpha value is -1.75. The molecule has 0 unspecified atom stereocenters. The van der Waals surface area contributed by atoms with Gasteiger partial charge in [-0.1, -0.05) is 12.1 Å². The number of imidazole rings is 1. The molecule has 1 aliphatic rings. The number of thioether (sulfide) groups is 1. The van der Waals surface area contributed by atoms with Gasteiger partial charge in [-0.25, -0.2) is 9.78 Å². The first-order valence-electron chi connectivity index (χ1n) is 5.76. The van der Waals surface area contributed by atoms with E-state index in [-0.39, 0.29) is 5.97 Å². The molecule has 0 radical (unpaired) electrons. The molecule has 1 aliphatic heterocycles. The average Bonchev–Trinajstić information content (AvgIpc) is 2.83. The van der Waals surface area contributed by atoms with E-state index in [1.165, 1.54) is 4.90 Å². The quantitative estimate of drug-likeness (QED) is 0.779. The number of esters is 1. The third-order valence-corrected chi connectivity index (χ3v) is 3.90. The summed E-state index contributed by atoms with van der Waals surface area (Å²) in [7, 11) is 0. The molecule has 2 heterocycles. The molecule has 1 aromatic carbocycles. The maximum absolute atomic E-state index is 11.8. The van der Waals surface area contributed by atoms with Gasteiger partial charge in [0.15, 0.2) is 5.69 Å². The molecule has 2 aromatic rings. The molecular weight excluding hydrogens is 248 g/mol. The highest BCUT2D eigenvalue weighted by atomic mass is 32.2. The Morgan fingerprint density at radius 3 is 3.17 bits per heavy atom. The van der Waals surface area contributed by atoms with Crippen LogP contribution in [0.15, 0.2) is 35.5 Å². The van der Waals surface area contributed by atoms with Gasteiger partial charge in [0.25, 0.3) is 0 Å². The largest absolute Gasteiger partial charge is 0.461 e. The maximum Gasteiger partial charge on any atom is 0.358 e.